The van der Waals surface area contributed by atoms with E-state index < -0.39 is 10.0 Å². The molecule has 1 aromatic rings. The summed E-state index contributed by atoms with van der Waals surface area (Å²) in [5.74, 6) is 0.322. The van der Waals surface area contributed by atoms with Crippen LogP contribution in [0.3, 0.4) is 0 Å². The number of piperidine rings is 1. The third-order valence-corrected chi connectivity index (χ3v) is 5.74. The highest BCUT2D eigenvalue weighted by Gasteiger charge is 2.28. The van der Waals surface area contributed by atoms with Crippen LogP contribution in [0.4, 0.5) is 0 Å². The first kappa shape index (κ1) is 16.5. The van der Waals surface area contributed by atoms with Crippen LogP contribution in [-0.4, -0.2) is 41.8 Å². The largest absolute Gasteiger partial charge is 0.324 e. The van der Waals surface area contributed by atoms with E-state index in [-0.39, 0.29) is 6.04 Å². The maximum absolute atomic E-state index is 11.7. The second-order valence-electron chi connectivity index (χ2n) is 6.18. The highest BCUT2D eigenvalue weighted by atomic mass is 32.2. The molecular weight excluding hydrogens is 288 g/mol. The van der Waals surface area contributed by atoms with Crippen molar-refractivity contribution < 1.29 is 8.42 Å². The molecule has 0 bridgehead atoms. The normalized spacial score (nSPS) is 22.4. The lowest BCUT2D eigenvalue weighted by Gasteiger charge is -2.32. The molecule has 2 N–H and O–H groups in total. The summed E-state index contributed by atoms with van der Waals surface area (Å²) in [6.45, 7) is 5.23. The van der Waals surface area contributed by atoms with Crippen LogP contribution in [0, 0.1) is 19.8 Å². The predicted octanol–water partition coefficient (Wildman–Crippen LogP) is 1.10. The summed E-state index contributed by atoms with van der Waals surface area (Å²) in [7, 11) is -1.17. The SMILES string of the molecule is Cc1nn(C)c(C)c1C(N)CC1CCCN(S(C)(=O)=O)C1. The molecule has 7 heteroatoms. The maximum Gasteiger partial charge on any atom is 0.211 e. The smallest absolute Gasteiger partial charge is 0.211 e. The van der Waals surface area contributed by atoms with Crippen LogP contribution in [0.15, 0.2) is 0 Å². The maximum atomic E-state index is 11.7. The van der Waals surface area contributed by atoms with Gasteiger partial charge in [-0.1, -0.05) is 0 Å². The monoisotopic (exact) mass is 314 g/mol. The van der Waals surface area contributed by atoms with Gasteiger partial charge in [0.1, 0.15) is 0 Å². The fraction of sp³-hybridized carbons (Fsp3) is 0.786. The molecule has 1 fully saturated rings. The van der Waals surface area contributed by atoms with Gasteiger partial charge in [-0.3, -0.25) is 4.68 Å². The molecule has 2 unspecified atom stereocenters. The van der Waals surface area contributed by atoms with Crippen LogP contribution in [0.2, 0.25) is 0 Å². The minimum absolute atomic E-state index is 0.0804. The van der Waals surface area contributed by atoms with Gasteiger partial charge in [0.25, 0.3) is 0 Å². The summed E-state index contributed by atoms with van der Waals surface area (Å²) < 4.78 is 26.8. The Balaban J connectivity index is 2.07. The first-order valence-corrected chi connectivity index (χ1v) is 9.25. The van der Waals surface area contributed by atoms with Crippen molar-refractivity contribution in [2.24, 2.45) is 18.7 Å². The van der Waals surface area contributed by atoms with Crippen molar-refractivity contribution in [1.82, 2.24) is 14.1 Å². The third kappa shape index (κ3) is 3.64. The summed E-state index contributed by atoms with van der Waals surface area (Å²) in [6.07, 6.45) is 4.04. The molecule has 0 aliphatic carbocycles. The van der Waals surface area contributed by atoms with E-state index in [4.69, 9.17) is 5.73 Å². The number of aromatic nitrogens is 2. The molecule has 2 atom stereocenters. The molecule has 2 rings (SSSR count). The summed E-state index contributed by atoms with van der Waals surface area (Å²) in [6, 6.07) is -0.0804. The second-order valence-corrected chi connectivity index (χ2v) is 8.16. The Hall–Kier alpha value is -0.920. The minimum Gasteiger partial charge on any atom is -0.324 e. The molecule has 21 heavy (non-hydrogen) atoms. The fourth-order valence-electron chi connectivity index (χ4n) is 3.32. The van der Waals surface area contributed by atoms with Gasteiger partial charge in [0, 0.05) is 37.4 Å². The predicted molar refractivity (Wildman–Crippen MR) is 83.4 cm³/mol. The Labute approximate surface area is 127 Å². The number of sulfonamides is 1. The van der Waals surface area contributed by atoms with Gasteiger partial charge < -0.3 is 5.73 Å². The number of nitrogens with two attached hydrogens (primary N) is 1. The molecule has 1 saturated heterocycles. The van der Waals surface area contributed by atoms with E-state index in [1.807, 2.05) is 25.6 Å². The van der Waals surface area contributed by atoms with Crippen LogP contribution in [0.5, 0.6) is 0 Å². The van der Waals surface area contributed by atoms with Crippen molar-refractivity contribution in [1.29, 1.82) is 0 Å². The first-order chi connectivity index (χ1) is 9.70. The van der Waals surface area contributed by atoms with Gasteiger partial charge >= 0.3 is 0 Å². The third-order valence-electron chi connectivity index (χ3n) is 4.47. The second kappa shape index (κ2) is 6.06. The minimum atomic E-state index is -3.10. The highest BCUT2D eigenvalue weighted by molar-refractivity contribution is 7.88. The van der Waals surface area contributed by atoms with E-state index in [0.29, 0.717) is 19.0 Å². The molecule has 120 valence electrons. The van der Waals surface area contributed by atoms with E-state index in [9.17, 15) is 8.42 Å². The summed E-state index contributed by atoms with van der Waals surface area (Å²) in [4.78, 5) is 0. The standard InChI is InChI=1S/C14H26N4O2S/c1-10-14(11(2)17(3)16-10)13(15)8-12-6-5-7-18(9-12)21(4,19)20/h12-13H,5-9,15H2,1-4H3. The lowest BCUT2D eigenvalue weighted by Crippen LogP contribution is -2.40. The van der Waals surface area contributed by atoms with Gasteiger partial charge in [-0.2, -0.15) is 5.10 Å². The highest BCUT2D eigenvalue weighted by Crippen LogP contribution is 2.29. The molecule has 0 spiro atoms. The molecule has 0 aromatic carbocycles. The number of aryl methyl sites for hydroxylation is 2. The van der Waals surface area contributed by atoms with Crippen molar-refractivity contribution in [3.63, 3.8) is 0 Å². The molecule has 0 radical (unpaired) electrons. The van der Waals surface area contributed by atoms with Crippen LogP contribution in [0.25, 0.3) is 0 Å². The lowest BCUT2D eigenvalue weighted by atomic mass is 9.89. The number of nitrogens with zero attached hydrogens (tertiary/aromatic N) is 3. The van der Waals surface area contributed by atoms with Crippen LogP contribution in [-0.2, 0) is 17.1 Å². The van der Waals surface area contributed by atoms with Gasteiger partial charge in [0.2, 0.25) is 10.0 Å². The van der Waals surface area contributed by atoms with Crippen molar-refractivity contribution >= 4 is 10.0 Å². The summed E-state index contributed by atoms with van der Waals surface area (Å²) in [5.41, 5.74) is 9.54. The Morgan fingerprint density at radius 1 is 1.43 bits per heavy atom. The quantitative estimate of drug-likeness (QED) is 0.902. The number of hydrogen-bond acceptors (Lipinski definition) is 4. The van der Waals surface area contributed by atoms with Crippen molar-refractivity contribution in [3.8, 4) is 0 Å². The molecule has 1 aromatic heterocycles. The summed E-state index contributed by atoms with van der Waals surface area (Å²) in [5, 5.41) is 4.41. The van der Waals surface area contributed by atoms with E-state index in [1.165, 1.54) is 6.26 Å². The Kier molecular flexibility index (Phi) is 4.75. The zero-order valence-corrected chi connectivity index (χ0v) is 14.2. The molecular formula is C14H26N4O2S. The zero-order chi connectivity index (χ0) is 15.8. The van der Waals surface area contributed by atoms with Crippen molar-refractivity contribution in [2.45, 2.75) is 39.2 Å². The van der Waals surface area contributed by atoms with Crippen molar-refractivity contribution in [3.05, 3.63) is 17.0 Å². The fourth-order valence-corrected chi connectivity index (χ4v) is 4.27. The van der Waals surface area contributed by atoms with Crippen molar-refractivity contribution in [2.75, 3.05) is 19.3 Å². The van der Waals surface area contributed by atoms with Gasteiger partial charge in [-0.25, -0.2) is 12.7 Å². The van der Waals surface area contributed by atoms with E-state index >= 15 is 0 Å². The van der Waals surface area contributed by atoms with Gasteiger partial charge in [0.05, 0.1) is 11.9 Å². The Morgan fingerprint density at radius 2 is 2.10 bits per heavy atom. The topological polar surface area (TPSA) is 81.2 Å². The van der Waals surface area contributed by atoms with E-state index in [0.717, 1.165) is 36.2 Å². The summed E-state index contributed by atoms with van der Waals surface area (Å²) >= 11 is 0. The number of hydrogen-bond donors (Lipinski definition) is 1. The van der Waals surface area contributed by atoms with Crippen LogP contribution >= 0.6 is 0 Å². The average Bonchev–Trinajstić information content (AvgIpc) is 2.62. The zero-order valence-electron chi connectivity index (χ0n) is 13.3. The Bertz CT molecular complexity index is 609. The average molecular weight is 314 g/mol. The molecule has 0 saturated carbocycles. The van der Waals surface area contributed by atoms with Crippen LogP contribution in [0.1, 0.15) is 42.3 Å². The first-order valence-electron chi connectivity index (χ1n) is 7.41. The molecule has 1 aliphatic rings. The van der Waals surface area contributed by atoms with E-state index in [1.54, 1.807) is 4.31 Å². The molecule has 0 amide bonds. The molecule has 2 heterocycles. The van der Waals surface area contributed by atoms with Gasteiger partial charge in [-0.15, -0.1) is 0 Å². The van der Waals surface area contributed by atoms with Gasteiger partial charge in [-0.05, 0) is 39.0 Å². The lowest BCUT2D eigenvalue weighted by molar-refractivity contribution is 0.247. The van der Waals surface area contributed by atoms with E-state index in [2.05, 4.69) is 5.10 Å². The van der Waals surface area contributed by atoms with Gasteiger partial charge in [0.15, 0.2) is 0 Å². The van der Waals surface area contributed by atoms with Crippen LogP contribution < -0.4 is 5.73 Å². The molecule has 1 aliphatic heterocycles. The molecule has 6 nitrogen and oxygen atoms in total. The number of rotatable bonds is 4. The Morgan fingerprint density at radius 3 is 2.62 bits per heavy atom.